The highest BCUT2D eigenvalue weighted by Crippen LogP contribution is 2.26. The lowest BCUT2D eigenvalue weighted by molar-refractivity contribution is 0.659. The van der Waals surface area contributed by atoms with Gasteiger partial charge >= 0.3 is 0 Å². The van der Waals surface area contributed by atoms with Crippen LogP contribution in [0.4, 0.5) is 5.82 Å². The van der Waals surface area contributed by atoms with Gasteiger partial charge in [0.15, 0.2) is 0 Å². The number of rotatable bonds is 4. The van der Waals surface area contributed by atoms with Gasteiger partial charge < -0.3 is 5.32 Å². The Hall–Kier alpha value is -0.770. The smallest absolute Gasteiger partial charge is 0.140 e. The van der Waals surface area contributed by atoms with E-state index in [1.807, 2.05) is 0 Å². The number of aryl methyl sites for hydroxylation is 1. The first-order valence-corrected chi connectivity index (χ1v) is 7.36. The van der Waals surface area contributed by atoms with Gasteiger partial charge in [0.05, 0.1) is 5.75 Å². The average molecular weight is 237 g/mol. The number of nitrogens with one attached hydrogen (secondary N) is 1. The molecular weight excluding hydrogens is 218 g/mol. The molecule has 3 nitrogen and oxygen atoms in total. The van der Waals surface area contributed by atoms with Crippen LogP contribution in [-0.4, -0.2) is 22.8 Å². The Morgan fingerprint density at radius 1 is 1.25 bits per heavy atom. The number of nitrogens with zero attached hydrogens (tertiary/aromatic N) is 2. The van der Waals surface area contributed by atoms with E-state index in [0.717, 1.165) is 36.8 Å². The monoisotopic (exact) mass is 237 g/mol. The third kappa shape index (κ3) is 2.48. The second-order valence-corrected chi connectivity index (χ2v) is 4.95. The van der Waals surface area contributed by atoms with E-state index in [0.29, 0.717) is 0 Å². The molecule has 0 saturated carbocycles. The maximum atomic E-state index is 4.67. The fourth-order valence-corrected chi connectivity index (χ4v) is 2.54. The van der Waals surface area contributed by atoms with Crippen LogP contribution in [-0.2, 0) is 18.6 Å². The molecule has 16 heavy (non-hydrogen) atoms. The Balaban J connectivity index is 2.35. The first-order valence-electron chi connectivity index (χ1n) is 5.96. The molecule has 0 spiro atoms. The SMILES string of the molecule is CCNc1nc(CSC)nc2c1CCCC2. The number of hydrogen-bond donors (Lipinski definition) is 1. The van der Waals surface area contributed by atoms with Crippen molar-refractivity contribution in [3.63, 3.8) is 0 Å². The summed E-state index contributed by atoms with van der Waals surface area (Å²) in [7, 11) is 0. The predicted octanol–water partition coefficient (Wildman–Crippen LogP) is 2.65. The van der Waals surface area contributed by atoms with Crippen LogP contribution >= 0.6 is 11.8 Å². The van der Waals surface area contributed by atoms with Gasteiger partial charge in [-0.1, -0.05) is 0 Å². The third-order valence-electron chi connectivity index (χ3n) is 2.85. The van der Waals surface area contributed by atoms with E-state index in [2.05, 4.69) is 28.5 Å². The van der Waals surface area contributed by atoms with Gasteiger partial charge in [-0.2, -0.15) is 11.8 Å². The zero-order chi connectivity index (χ0) is 11.4. The van der Waals surface area contributed by atoms with Crippen LogP contribution in [0.2, 0.25) is 0 Å². The molecule has 0 aliphatic heterocycles. The van der Waals surface area contributed by atoms with Gasteiger partial charge in [-0.05, 0) is 38.9 Å². The van der Waals surface area contributed by atoms with Crippen LogP contribution in [0, 0.1) is 0 Å². The Morgan fingerprint density at radius 2 is 2.06 bits per heavy atom. The van der Waals surface area contributed by atoms with E-state index >= 15 is 0 Å². The Labute approximate surface area is 101 Å². The number of fused-ring (bicyclic) bond motifs is 1. The summed E-state index contributed by atoms with van der Waals surface area (Å²) in [5.74, 6) is 2.96. The topological polar surface area (TPSA) is 37.8 Å². The maximum absolute atomic E-state index is 4.67. The zero-order valence-electron chi connectivity index (χ0n) is 10.0. The molecule has 1 aliphatic rings. The van der Waals surface area contributed by atoms with Gasteiger partial charge in [0.1, 0.15) is 11.6 Å². The second kappa shape index (κ2) is 5.53. The van der Waals surface area contributed by atoms with Gasteiger partial charge in [-0.3, -0.25) is 0 Å². The van der Waals surface area contributed by atoms with E-state index in [9.17, 15) is 0 Å². The van der Waals surface area contributed by atoms with E-state index in [1.54, 1.807) is 11.8 Å². The highest BCUT2D eigenvalue weighted by atomic mass is 32.2. The summed E-state index contributed by atoms with van der Waals surface area (Å²) in [5.41, 5.74) is 2.64. The number of anilines is 1. The summed E-state index contributed by atoms with van der Waals surface area (Å²) in [6, 6.07) is 0. The van der Waals surface area contributed by atoms with Crippen LogP contribution in [0.25, 0.3) is 0 Å². The van der Waals surface area contributed by atoms with Crippen molar-refractivity contribution in [2.24, 2.45) is 0 Å². The Kier molecular flexibility index (Phi) is 4.04. The largest absolute Gasteiger partial charge is 0.370 e. The van der Waals surface area contributed by atoms with Crippen molar-refractivity contribution in [3.8, 4) is 0 Å². The normalized spacial score (nSPS) is 14.6. The van der Waals surface area contributed by atoms with Crippen molar-refractivity contribution in [3.05, 3.63) is 17.1 Å². The van der Waals surface area contributed by atoms with Gasteiger partial charge in [0.2, 0.25) is 0 Å². The maximum Gasteiger partial charge on any atom is 0.140 e. The van der Waals surface area contributed by atoms with Crippen molar-refractivity contribution >= 4 is 17.6 Å². The zero-order valence-corrected chi connectivity index (χ0v) is 10.9. The molecule has 0 amide bonds. The molecule has 1 aliphatic carbocycles. The van der Waals surface area contributed by atoms with Crippen molar-refractivity contribution in [2.75, 3.05) is 18.1 Å². The van der Waals surface area contributed by atoms with E-state index in [1.165, 1.54) is 24.1 Å². The van der Waals surface area contributed by atoms with Crippen LogP contribution in [0.1, 0.15) is 36.8 Å². The number of aromatic nitrogens is 2. The first-order chi connectivity index (χ1) is 7.85. The molecule has 0 unspecified atom stereocenters. The van der Waals surface area contributed by atoms with Gasteiger partial charge in [-0.15, -0.1) is 0 Å². The van der Waals surface area contributed by atoms with E-state index in [4.69, 9.17) is 0 Å². The summed E-state index contributed by atoms with van der Waals surface area (Å²) in [5, 5.41) is 3.37. The third-order valence-corrected chi connectivity index (χ3v) is 3.39. The first kappa shape index (κ1) is 11.7. The molecule has 0 aromatic carbocycles. The summed E-state index contributed by atoms with van der Waals surface area (Å²) >= 11 is 1.78. The lowest BCUT2D eigenvalue weighted by atomic mass is 9.96. The highest BCUT2D eigenvalue weighted by molar-refractivity contribution is 7.97. The summed E-state index contributed by atoms with van der Waals surface area (Å²) in [6.45, 7) is 3.05. The second-order valence-electron chi connectivity index (χ2n) is 4.08. The molecule has 0 bridgehead atoms. The fourth-order valence-electron chi connectivity index (χ4n) is 2.15. The molecule has 0 atom stereocenters. The number of hydrogen-bond acceptors (Lipinski definition) is 4. The van der Waals surface area contributed by atoms with Crippen molar-refractivity contribution in [1.82, 2.24) is 9.97 Å². The molecular formula is C12H19N3S. The molecule has 0 saturated heterocycles. The van der Waals surface area contributed by atoms with Crippen LogP contribution in [0.5, 0.6) is 0 Å². The lowest BCUT2D eigenvalue weighted by Gasteiger charge is -2.19. The summed E-state index contributed by atoms with van der Waals surface area (Å²) in [4.78, 5) is 9.30. The standard InChI is InChI=1S/C12H19N3S/c1-3-13-12-9-6-4-5-7-10(9)14-11(15-12)8-16-2/h3-8H2,1-2H3,(H,13,14,15). The van der Waals surface area contributed by atoms with Gasteiger partial charge in [-0.25, -0.2) is 9.97 Å². The van der Waals surface area contributed by atoms with Crippen LogP contribution < -0.4 is 5.32 Å². The lowest BCUT2D eigenvalue weighted by Crippen LogP contribution is -2.14. The highest BCUT2D eigenvalue weighted by Gasteiger charge is 2.16. The molecule has 0 radical (unpaired) electrons. The Bertz CT molecular complexity index is 366. The Morgan fingerprint density at radius 3 is 2.81 bits per heavy atom. The van der Waals surface area contributed by atoms with Crippen molar-refractivity contribution in [1.29, 1.82) is 0 Å². The molecule has 1 heterocycles. The van der Waals surface area contributed by atoms with Gasteiger partial charge in [0.25, 0.3) is 0 Å². The van der Waals surface area contributed by atoms with E-state index in [-0.39, 0.29) is 0 Å². The molecule has 1 aromatic heterocycles. The minimum absolute atomic E-state index is 0.908. The number of thioether (sulfide) groups is 1. The van der Waals surface area contributed by atoms with Crippen molar-refractivity contribution < 1.29 is 0 Å². The van der Waals surface area contributed by atoms with Gasteiger partial charge in [0, 0.05) is 17.8 Å². The predicted molar refractivity (Wildman–Crippen MR) is 70.1 cm³/mol. The minimum atomic E-state index is 0.908. The van der Waals surface area contributed by atoms with E-state index < -0.39 is 0 Å². The molecule has 2 rings (SSSR count). The molecule has 1 N–H and O–H groups in total. The summed E-state index contributed by atoms with van der Waals surface area (Å²) < 4.78 is 0. The molecule has 0 fully saturated rings. The fraction of sp³-hybridized carbons (Fsp3) is 0.667. The van der Waals surface area contributed by atoms with Crippen molar-refractivity contribution in [2.45, 2.75) is 38.4 Å². The molecule has 4 heteroatoms. The van der Waals surface area contributed by atoms with Crippen LogP contribution in [0.15, 0.2) is 0 Å². The minimum Gasteiger partial charge on any atom is -0.370 e. The molecule has 1 aromatic rings. The van der Waals surface area contributed by atoms with Crippen LogP contribution in [0.3, 0.4) is 0 Å². The quantitative estimate of drug-likeness (QED) is 0.873. The summed E-state index contributed by atoms with van der Waals surface area (Å²) in [6.07, 6.45) is 6.90. The molecule has 88 valence electrons. The average Bonchev–Trinajstić information content (AvgIpc) is 2.30.